The molecule has 0 aromatic carbocycles. The zero-order valence-electron chi connectivity index (χ0n) is 12.1. The fourth-order valence-corrected chi connectivity index (χ4v) is 1.77. The molecule has 0 aliphatic carbocycles. The predicted molar refractivity (Wildman–Crippen MR) is 74.4 cm³/mol. The highest BCUT2D eigenvalue weighted by atomic mass is 16.4. The maximum Gasteiger partial charge on any atom is 0.317 e. The van der Waals surface area contributed by atoms with E-state index in [1.165, 1.54) is 4.90 Å². The Morgan fingerprint density at radius 3 is 2.65 bits per heavy atom. The van der Waals surface area contributed by atoms with E-state index in [-0.39, 0.29) is 19.0 Å². The van der Waals surface area contributed by atoms with Crippen LogP contribution in [0, 0.1) is 0 Å². The van der Waals surface area contributed by atoms with Crippen molar-refractivity contribution in [2.24, 2.45) is 0 Å². The van der Waals surface area contributed by atoms with Crippen molar-refractivity contribution in [1.82, 2.24) is 20.2 Å². The molecule has 1 aromatic heterocycles. The Morgan fingerprint density at radius 2 is 2.15 bits per heavy atom. The summed E-state index contributed by atoms with van der Waals surface area (Å²) in [6.07, 6.45) is 3.89. The zero-order valence-corrected chi connectivity index (χ0v) is 12.1. The summed E-state index contributed by atoms with van der Waals surface area (Å²) in [5.74, 6) is -0.912. The number of amides is 2. The predicted octanol–water partition coefficient (Wildman–Crippen LogP) is 1.24. The van der Waals surface area contributed by atoms with Crippen molar-refractivity contribution in [2.45, 2.75) is 39.2 Å². The van der Waals surface area contributed by atoms with E-state index < -0.39 is 11.5 Å². The van der Waals surface area contributed by atoms with Crippen molar-refractivity contribution in [1.29, 1.82) is 0 Å². The number of nitrogens with one attached hydrogen (secondary N) is 2. The first-order valence-electron chi connectivity index (χ1n) is 6.55. The van der Waals surface area contributed by atoms with Crippen molar-refractivity contribution in [2.75, 3.05) is 13.1 Å². The van der Waals surface area contributed by atoms with Gasteiger partial charge in [-0.15, -0.1) is 0 Å². The summed E-state index contributed by atoms with van der Waals surface area (Å²) in [6.45, 7) is 6.30. The molecule has 2 amide bonds. The van der Waals surface area contributed by atoms with Crippen LogP contribution in [0.25, 0.3) is 0 Å². The molecular formula is C13H22N4O3. The first kappa shape index (κ1) is 16.0. The number of H-pyrrole nitrogens is 1. The average molecular weight is 282 g/mol. The number of aliphatic carboxylic acids is 1. The Balaban J connectivity index is 2.48. The molecule has 20 heavy (non-hydrogen) atoms. The molecule has 0 fully saturated rings. The highest BCUT2D eigenvalue weighted by Gasteiger charge is 2.26. The van der Waals surface area contributed by atoms with Gasteiger partial charge in [0.25, 0.3) is 0 Å². The monoisotopic (exact) mass is 282 g/mol. The first-order chi connectivity index (χ1) is 9.30. The van der Waals surface area contributed by atoms with Gasteiger partial charge in [-0.3, -0.25) is 4.79 Å². The molecule has 0 aliphatic rings. The molecule has 0 saturated carbocycles. The van der Waals surface area contributed by atoms with Crippen LogP contribution in [-0.2, 0) is 11.2 Å². The third-order valence-corrected chi connectivity index (χ3v) is 2.83. The SMILES string of the molecule is CC(C)(C)N(CCC(=O)O)C(=O)NCCc1cnc[nH]1. The molecule has 7 nitrogen and oxygen atoms in total. The minimum Gasteiger partial charge on any atom is -0.481 e. The van der Waals surface area contributed by atoms with Gasteiger partial charge in [-0.1, -0.05) is 0 Å². The van der Waals surface area contributed by atoms with Crippen molar-refractivity contribution in [3.8, 4) is 0 Å². The quantitative estimate of drug-likeness (QED) is 0.731. The molecule has 0 unspecified atom stereocenters. The molecule has 1 aromatic rings. The molecule has 0 bridgehead atoms. The van der Waals surface area contributed by atoms with E-state index >= 15 is 0 Å². The van der Waals surface area contributed by atoms with Gasteiger partial charge < -0.3 is 20.3 Å². The molecule has 0 atom stereocenters. The number of carboxylic acids is 1. The van der Waals surface area contributed by atoms with Crippen molar-refractivity contribution < 1.29 is 14.7 Å². The van der Waals surface area contributed by atoms with Gasteiger partial charge in [-0.2, -0.15) is 0 Å². The lowest BCUT2D eigenvalue weighted by Gasteiger charge is -2.35. The molecule has 0 radical (unpaired) electrons. The number of carbonyl (C=O) groups is 2. The minimum absolute atomic E-state index is 0.0642. The lowest BCUT2D eigenvalue weighted by Crippen LogP contribution is -2.51. The number of rotatable bonds is 6. The summed E-state index contributed by atoms with van der Waals surface area (Å²) < 4.78 is 0. The number of urea groups is 1. The van der Waals surface area contributed by atoms with Gasteiger partial charge in [0.1, 0.15) is 0 Å². The molecular weight excluding hydrogens is 260 g/mol. The Morgan fingerprint density at radius 1 is 1.45 bits per heavy atom. The van der Waals surface area contributed by atoms with Crippen LogP contribution in [0.4, 0.5) is 4.79 Å². The van der Waals surface area contributed by atoms with Crippen LogP contribution in [0.3, 0.4) is 0 Å². The largest absolute Gasteiger partial charge is 0.481 e. The zero-order chi connectivity index (χ0) is 15.2. The second kappa shape index (κ2) is 6.93. The normalized spacial score (nSPS) is 11.2. The molecule has 112 valence electrons. The van der Waals surface area contributed by atoms with Crippen LogP contribution in [-0.4, -0.2) is 50.6 Å². The van der Waals surface area contributed by atoms with Crippen LogP contribution < -0.4 is 5.32 Å². The Bertz CT molecular complexity index is 437. The van der Waals surface area contributed by atoms with Crippen molar-refractivity contribution >= 4 is 12.0 Å². The first-order valence-corrected chi connectivity index (χ1v) is 6.55. The smallest absolute Gasteiger partial charge is 0.317 e. The molecule has 0 aliphatic heterocycles. The summed E-state index contributed by atoms with van der Waals surface area (Å²) >= 11 is 0. The lowest BCUT2D eigenvalue weighted by molar-refractivity contribution is -0.137. The third kappa shape index (κ3) is 5.29. The maximum absolute atomic E-state index is 12.1. The van der Waals surface area contributed by atoms with E-state index in [4.69, 9.17) is 5.11 Å². The Hall–Kier alpha value is -2.05. The lowest BCUT2D eigenvalue weighted by atomic mass is 10.1. The summed E-state index contributed by atoms with van der Waals surface area (Å²) in [5.41, 5.74) is 0.520. The fourth-order valence-electron chi connectivity index (χ4n) is 1.77. The number of carboxylic acid groups (broad SMARTS) is 1. The average Bonchev–Trinajstić information content (AvgIpc) is 2.79. The molecule has 0 spiro atoms. The van der Waals surface area contributed by atoms with Crippen LogP contribution in [0.1, 0.15) is 32.9 Å². The maximum atomic E-state index is 12.1. The topological polar surface area (TPSA) is 98.3 Å². The number of hydrogen-bond donors (Lipinski definition) is 3. The van der Waals surface area contributed by atoms with E-state index in [1.807, 2.05) is 20.8 Å². The molecule has 0 saturated heterocycles. The highest BCUT2D eigenvalue weighted by molar-refractivity contribution is 5.76. The molecule has 1 rings (SSSR count). The summed E-state index contributed by atoms with van der Waals surface area (Å²) in [5, 5.41) is 11.5. The van der Waals surface area contributed by atoms with Gasteiger partial charge in [-0.05, 0) is 20.8 Å². The van der Waals surface area contributed by atoms with E-state index in [2.05, 4.69) is 15.3 Å². The summed E-state index contributed by atoms with van der Waals surface area (Å²) in [4.78, 5) is 31.2. The molecule has 1 heterocycles. The van der Waals surface area contributed by atoms with Crippen LogP contribution in [0.2, 0.25) is 0 Å². The second-order valence-corrected chi connectivity index (χ2v) is 5.52. The number of carbonyl (C=O) groups excluding carboxylic acids is 1. The van der Waals surface area contributed by atoms with E-state index in [0.29, 0.717) is 13.0 Å². The Labute approximate surface area is 118 Å². The molecule has 3 N–H and O–H groups in total. The number of imidazole rings is 1. The van der Waals surface area contributed by atoms with Gasteiger partial charge in [-0.25, -0.2) is 9.78 Å². The fraction of sp³-hybridized carbons (Fsp3) is 0.615. The van der Waals surface area contributed by atoms with Crippen molar-refractivity contribution in [3.63, 3.8) is 0 Å². The van der Waals surface area contributed by atoms with Crippen molar-refractivity contribution in [3.05, 3.63) is 18.2 Å². The van der Waals surface area contributed by atoms with E-state index in [9.17, 15) is 9.59 Å². The standard InChI is InChI=1S/C13H22N4O3/c1-13(2,3)17(7-5-11(18)19)12(20)15-6-4-10-8-14-9-16-10/h8-9H,4-7H2,1-3H3,(H,14,16)(H,15,20)(H,18,19). The van der Waals surface area contributed by atoms with Gasteiger partial charge in [0.2, 0.25) is 0 Å². The van der Waals surface area contributed by atoms with Gasteiger partial charge >= 0.3 is 12.0 Å². The molecule has 7 heteroatoms. The van der Waals surface area contributed by atoms with Gasteiger partial charge in [0, 0.05) is 36.9 Å². The number of hydrogen-bond acceptors (Lipinski definition) is 3. The number of nitrogens with zero attached hydrogens (tertiary/aromatic N) is 2. The van der Waals surface area contributed by atoms with Crippen LogP contribution >= 0.6 is 0 Å². The highest BCUT2D eigenvalue weighted by Crippen LogP contribution is 2.13. The van der Waals surface area contributed by atoms with Gasteiger partial charge in [0.15, 0.2) is 0 Å². The third-order valence-electron chi connectivity index (χ3n) is 2.83. The second-order valence-electron chi connectivity index (χ2n) is 5.52. The van der Waals surface area contributed by atoms with Crippen LogP contribution in [0.15, 0.2) is 12.5 Å². The van der Waals surface area contributed by atoms with Crippen LogP contribution in [0.5, 0.6) is 0 Å². The van der Waals surface area contributed by atoms with Gasteiger partial charge in [0.05, 0.1) is 12.7 Å². The van der Waals surface area contributed by atoms with E-state index in [1.54, 1.807) is 12.5 Å². The number of aromatic nitrogens is 2. The number of aromatic amines is 1. The summed E-state index contributed by atoms with van der Waals surface area (Å²) in [6, 6.07) is -0.252. The summed E-state index contributed by atoms with van der Waals surface area (Å²) in [7, 11) is 0. The van der Waals surface area contributed by atoms with E-state index in [0.717, 1.165) is 5.69 Å². The minimum atomic E-state index is -0.912. The Kier molecular flexibility index (Phi) is 5.54.